The molecule has 132 heavy (non-hydrogen) atoms. The number of benzene rings is 6. The van der Waals surface area contributed by atoms with Crippen LogP contribution in [0.25, 0.3) is 10.9 Å². The van der Waals surface area contributed by atoms with Gasteiger partial charge in [0.05, 0.1) is 37.9 Å². The van der Waals surface area contributed by atoms with Crippen LogP contribution in [0.3, 0.4) is 0 Å². The van der Waals surface area contributed by atoms with Gasteiger partial charge in [-0.2, -0.15) is 0 Å². The molecule has 1 aliphatic rings. The first kappa shape index (κ1) is 106. The zero-order valence-corrected chi connectivity index (χ0v) is 76.9. The van der Waals surface area contributed by atoms with Gasteiger partial charge in [-0.3, -0.25) is 76.7 Å². The van der Waals surface area contributed by atoms with Crippen LogP contribution in [0.2, 0.25) is 0 Å². The summed E-state index contributed by atoms with van der Waals surface area (Å²) in [7, 11) is 8.26. The molecule has 0 bridgehead atoms. The average molecular weight is 1840 g/mol. The van der Waals surface area contributed by atoms with Gasteiger partial charge in [0.15, 0.2) is 11.6 Å². The van der Waals surface area contributed by atoms with Crippen molar-refractivity contribution in [3.05, 3.63) is 197 Å². The lowest BCUT2D eigenvalue weighted by Gasteiger charge is -2.37. The maximum Gasteiger partial charge on any atom is 0.293 e. The summed E-state index contributed by atoms with van der Waals surface area (Å²) in [6, 6.07) is 29.6. The highest BCUT2D eigenvalue weighted by atomic mass is 32.2. The molecule has 0 spiro atoms. The highest BCUT2D eigenvalue weighted by molar-refractivity contribution is 8.00. The minimum Gasteiger partial charge on any atom is -0.508 e. The normalized spacial score (nSPS) is 21.7. The summed E-state index contributed by atoms with van der Waals surface area (Å²) in [6.45, 7) is 6.85. The SMILES string of the molecule is C.CCCC[C@H]1C(=O)N(C)CC(=O)C[C@@H](COC=O)C(=O)C[C@@H](C(C)C)C(=O)N(C)[C@@H](Cc2ccccc2)C(=O)N[C@@H](Cc2ccc(O)cc2)C(=O)N(C)CC(=O)N[C@@H](Cc2c[nH]c3ccccc23)C(=O)N[C@@H](Cc2ccc(O)cc2)C(=O)N[C@@H](CC(C)C)C(=O)N[C@H](C(=O)CCC(N)=O)CSCC(=O)N[C@@H](Cc2ccc(OC)cc2)C(=O)N(C)[C@@H](Cc2ccccc2)C(=O)N1C. The number of hydrogen-bond acceptors (Lipinski definition) is 21. The number of carbonyl (C=O) groups is 16. The van der Waals surface area contributed by atoms with Gasteiger partial charge in [0.2, 0.25) is 70.9 Å². The monoisotopic (exact) mass is 1840 g/mol. The summed E-state index contributed by atoms with van der Waals surface area (Å²) in [5.41, 5.74) is 9.29. The minimum atomic E-state index is -1.58. The first-order valence-corrected chi connectivity index (χ1v) is 45.0. The maximum absolute atomic E-state index is 15.6. The van der Waals surface area contributed by atoms with Crippen LogP contribution in [0.4, 0.5) is 0 Å². The number of Topliss-reactive ketones (excluding diaryl/α,β-unsaturated/α-hetero) is 3. The average Bonchev–Trinajstić information content (AvgIpc) is 1.30. The summed E-state index contributed by atoms with van der Waals surface area (Å²) < 4.78 is 10.6. The molecular formula is C98H127N13O20S. The zero-order valence-electron chi connectivity index (χ0n) is 76.1. The third kappa shape index (κ3) is 31.8. The number of likely N-dealkylation sites (N-methyl/N-ethyl adjacent to an activating group) is 5. The zero-order chi connectivity index (χ0) is 95.7. The molecule has 11 atom stereocenters. The van der Waals surface area contributed by atoms with Crippen LogP contribution < -0.4 is 42.4 Å². The molecule has 2 heterocycles. The van der Waals surface area contributed by atoms with Crippen LogP contribution in [0.1, 0.15) is 127 Å². The van der Waals surface area contributed by atoms with Gasteiger partial charge >= 0.3 is 0 Å². The van der Waals surface area contributed by atoms with Crippen molar-refractivity contribution in [3.8, 4) is 17.2 Å². The number of para-hydroxylation sites is 1. The molecule has 7 aromatic rings. The third-order valence-electron chi connectivity index (χ3n) is 23.2. The van der Waals surface area contributed by atoms with E-state index in [-0.39, 0.29) is 88.4 Å². The number of thioether (sulfide) groups is 1. The molecule has 0 saturated carbocycles. The number of ether oxygens (including phenoxy) is 2. The Morgan fingerprint density at radius 2 is 1.01 bits per heavy atom. The Labute approximate surface area is 774 Å². The number of nitrogens with two attached hydrogens (primary N) is 1. The lowest BCUT2D eigenvalue weighted by atomic mass is 9.84. The van der Waals surface area contributed by atoms with Gasteiger partial charge in [-0.25, -0.2) is 0 Å². The van der Waals surface area contributed by atoms with Gasteiger partial charge in [0.25, 0.3) is 6.47 Å². The van der Waals surface area contributed by atoms with Crippen LogP contribution in [0, 0.1) is 23.7 Å². The van der Waals surface area contributed by atoms with E-state index in [9.17, 15) is 43.8 Å². The number of H-pyrrole nitrogens is 1. The largest absolute Gasteiger partial charge is 0.508 e. The van der Waals surface area contributed by atoms with Crippen molar-refractivity contribution in [2.45, 2.75) is 186 Å². The van der Waals surface area contributed by atoms with Crippen molar-refractivity contribution < 1.29 is 96.4 Å². The topological polar surface area (TPSA) is 462 Å². The molecule has 0 unspecified atom stereocenters. The number of phenols is 2. The third-order valence-corrected chi connectivity index (χ3v) is 24.3. The van der Waals surface area contributed by atoms with Crippen molar-refractivity contribution in [2.75, 3.05) is 73.6 Å². The minimum absolute atomic E-state index is 0. The van der Waals surface area contributed by atoms with Crippen LogP contribution in [0.15, 0.2) is 164 Å². The number of aromatic amines is 1. The van der Waals surface area contributed by atoms with Crippen LogP contribution in [0.5, 0.6) is 17.2 Å². The molecule has 1 aromatic heterocycles. The van der Waals surface area contributed by atoms with Crippen LogP contribution in [-0.4, -0.2) is 262 Å². The lowest BCUT2D eigenvalue weighted by Crippen LogP contribution is -2.59. The van der Waals surface area contributed by atoms with E-state index in [1.54, 1.807) is 143 Å². The van der Waals surface area contributed by atoms with Crippen molar-refractivity contribution in [1.29, 1.82) is 0 Å². The van der Waals surface area contributed by atoms with Gasteiger partial charge < -0.3 is 86.8 Å². The molecule has 1 aliphatic heterocycles. The fourth-order valence-corrected chi connectivity index (χ4v) is 16.6. The van der Waals surface area contributed by atoms with E-state index in [0.29, 0.717) is 62.9 Å². The smallest absolute Gasteiger partial charge is 0.293 e. The second-order valence-corrected chi connectivity index (χ2v) is 35.1. The van der Waals surface area contributed by atoms with Crippen molar-refractivity contribution >= 4 is 117 Å². The van der Waals surface area contributed by atoms with E-state index < -0.39 is 211 Å². The van der Waals surface area contributed by atoms with E-state index in [1.807, 2.05) is 6.92 Å². The van der Waals surface area contributed by atoms with Crippen molar-refractivity contribution in [1.82, 2.24) is 61.4 Å². The molecule has 12 amide bonds. The fourth-order valence-electron chi connectivity index (χ4n) is 15.7. The first-order chi connectivity index (χ1) is 62.4. The van der Waals surface area contributed by atoms with Crippen molar-refractivity contribution in [3.63, 3.8) is 0 Å². The summed E-state index contributed by atoms with van der Waals surface area (Å²) in [6.07, 6.45) is -0.654. The van der Waals surface area contributed by atoms with E-state index in [1.165, 1.54) is 101 Å². The molecular weight excluding hydrogens is 1710 g/mol. The second kappa shape index (κ2) is 51.9. The lowest BCUT2D eigenvalue weighted by molar-refractivity contribution is -0.151. The second-order valence-electron chi connectivity index (χ2n) is 34.1. The highest BCUT2D eigenvalue weighted by Gasteiger charge is 2.42. The Balaban J connectivity index is 0.0000238. The van der Waals surface area contributed by atoms with E-state index in [4.69, 9.17) is 15.2 Å². The quantitative estimate of drug-likeness (QED) is 0.0274. The first-order valence-electron chi connectivity index (χ1n) is 43.9. The molecule has 1 fully saturated rings. The number of aromatic nitrogens is 1. The van der Waals surface area contributed by atoms with Gasteiger partial charge in [-0.05, 0) is 101 Å². The number of methoxy groups -OCH3 is 1. The predicted molar refractivity (Wildman–Crippen MR) is 499 cm³/mol. The maximum atomic E-state index is 15.6. The Kier molecular flexibility index (Phi) is 41.6. The van der Waals surface area contributed by atoms with Crippen LogP contribution >= 0.6 is 11.8 Å². The van der Waals surface area contributed by atoms with Gasteiger partial charge in [0.1, 0.15) is 78.0 Å². The van der Waals surface area contributed by atoms with E-state index in [2.05, 4.69) is 36.9 Å². The number of nitrogens with one attached hydrogen (secondary N) is 7. The molecule has 33 nitrogen and oxygen atoms in total. The molecule has 6 aromatic carbocycles. The number of hydrogen-bond donors (Lipinski definition) is 10. The number of rotatable bonds is 26. The number of primary amides is 1. The number of amides is 12. The van der Waals surface area contributed by atoms with Crippen LogP contribution in [-0.2, 0) is 120 Å². The van der Waals surface area contributed by atoms with Gasteiger partial charge in [-0.1, -0.05) is 170 Å². The summed E-state index contributed by atoms with van der Waals surface area (Å²) >= 11 is 0.870. The molecule has 11 N–H and O–H groups in total. The molecule has 0 aliphatic carbocycles. The summed E-state index contributed by atoms with van der Waals surface area (Å²) in [4.78, 5) is 244. The Morgan fingerprint density at radius 1 is 0.515 bits per heavy atom. The molecule has 710 valence electrons. The number of unbranched alkanes of at least 4 members (excludes halogenated alkanes) is 1. The number of fused-ring (bicyclic) bond motifs is 1. The van der Waals surface area contributed by atoms with Gasteiger partial charge in [0, 0.05) is 128 Å². The van der Waals surface area contributed by atoms with E-state index >= 15 is 43.2 Å². The Morgan fingerprint density at radius 3 is 1.57 bits per heavy atom. The molecule has 34 heteroatoms. The highest BCUT2D eigenvalue weighted by Crippen LogP contribution is 2.28. The number of ketones is 3. The summed E-state index contributed by atoms with van der Waals surface area (Å²) in [5, 5.41) is 38.2. The Hall–Kier alpha value is -13.3. The van der Waals surface area contributed by atoms with Gasteiger partial charge in [-0.15, -0.1) is 11.8 Å². The van der Waals surface area contributed by atoms with E-state index in [0.717, 1.165) is 26.5 Å². The summed E-state index contributed by atoms with van der Waals surface area (Å²) in [5.74, 6) is -16.0. The number of phenolic OH excluding ortho intramolecular Hbond substituents is 2. The number of aromatic hydroxyl groups is 2. The van der Waals surface area contributed by atoms with Crippen molar-refractivity contribution in [2.24, 2.45) is 29.4 Å². The standard InChI is InChI=1S/C97H123N13O20S.CH4/c1-12-13-28-81-96(127)106(6)53-70(114)49-67(55-130-58-111)85(116)51-73(60(4)5)93(124)109(9)82(47-61-22-16-14-17-23-61)92(123)104-78(45-64-31-37-69(113)38-32-64)94(125)107(7)54-87(118)100-77(50-66-52-99-74-27-21-20-26-72(66)74)91(122)103-76(44-63-29-35-68(112)36-30-63)90(121)102-75(43-59(2)3)89(120)105-80(84(115)41-42-86(98)117)56-131-57-88(119)101-79(46-65-33-39-71(129-11)40-34-65)95(126)110(10)83(97(128)108(81)8)48-62-24-18-15-19-25-62;/h14-27,29-40,52,58-60,67,73,75-83,99,112-113H,12-13,28,41-51,53-57H2,1-11H3,(H2,98,117)(H,100,118)(H,101,119)(H,102,121)(H,103,122)(H,104,123)(H,105,120);1H4/t67-,73-,75-,76-,77-,78-,79-,80-,81-,82-,83-;/m0./s1. The fraction of sp³-hybridized carbons (Fsp3) is 0.449. The molecule has 8 rings (SSSR count). The Bertz CT molecular complexity index is 5100. The molecule has 1 saturated heterocycles. The molecule has 0 radical (unpaired) electrons. The predicted octanol–water partition coefficient (Wildman–Crippen LogP) is 6.08. The number of nitrogens with zero attached hydrogens (tertiary/aromatic N) is 5. The number of carbonyl (C=O) groups excluding carboxylic acids is 16.